The Kier molecular flexibility index (Phi) is 11.8. The van der Waals surface area contributed by atoms with Gasteiger partial charge in [0, 0.05) is 37.3 Å². The van der Waals surface area contributed by atoms with E-state index in [2.05, 4.69) is 20.6 Å². The van der Waals surface area contributed by atoms with E-state index < -0.39 is 10.0 Å². The lowest BCUT2D eigenvalue weighted by molar-refractivity contribution is 0.445. The Bertz CT molecular complexity index is 600. The smallest absolute Gasteiger partial charge is 0.215 e. The summed E-state index contributed by atoms with van der Waals surface area (Å²) in [4.78, 5) is 9.85. The number of guanidine groups is 1. The molecule has 0 aliphatic carbocycles. The molecule has 0 saturated carbocycles. The summed E-state index contributed by atoms with van der Waals surface area (Å²) in [6, 6.07) is 0. The number of halogens is 1. The van der Waals surface area contributed by atoms with Crippen molar-refractivity contribution in [3.63, 3.8) is 0 Å². The SMILES string of the molecule is CCNC(=NCc1ncc(C)s1)NCCS(=O)(=O)N(CC)CC.I. The maximum absolute atomic E-state index is 12.1. The summed E-state index contributed by atoms with van der Waals surface area (Å²) in [6.45, 7) is 10.2. The summed E-state index contributed by atoms with van der Waals surface area (Å²) in [5.74, 6) is 0.658. The van der Waals surface area contributed by atoms with Crippen molar-refractivity contribution in [3.05, 3.63) is 16.1 Å². The third kappa shape index (κ3) is 8.08. The van der Waals surface area contributed by atoms with Crippen LogP contribution in [0.1, 0.15) is 30.7 Å². The minimum Gasteiger partial charge on any atom is -0.357 e. The maximum Gasteiger partial charge on any atom is 0.215 e. The normalized spacial score (nSPS) is 12.1. The van der Waals surface area contributed by atoms with Crippen LogP contribution in [0.25, 0.3) is 0 Å². The predicted molar refractivity (Wildman–Crippen MR) is 112 cm³/mol. The molecular weight excluding hydrogens is 461 g/mol. The molecule has 1 heterocycles. The molecule has 24 heavy (non-hydrogen) atoms. The van der Waals surface area contributed by atoms with E-state index in [0.717, 1.165) is 9.88 Å². The van der Waals surface area contributed by atoms with E-state index in [0.29, 0.717) is 38.7 Å². The van der Waals surface area contributed by atoms with E-state index in [1.54, 1.807) is 11.3 Å². The summed E-state index contributed by atoms with van der Waals surface area (Å²) in [5.41, 5.74) is 0. The van der Waals surface area contributed by atoms with Gasteiger partial charge in [-0.3, -0.25) is 0 Å². The molecule has 7 nitrogen and oxygen atoms in total. The molecule has 0 atom stereocenters. The zero-order valence-electron chi connectivity index (χ0n) is 14.7. The number of sulfonamides is 1. The largest absolute Gasteiger partial charge is 0.357 e. The minimum absolute atomic E-state index is 0. The molecule has 0 fully saturated rings. The third-order valence-electron chi connectivity index (χ3n) is 3.14. The Morgan fingerprint density at radius 2 is 1.96 bits per heavy atom. The van der Waals surface area contributed by atoms with Crippen molar-refractivity contribution in [1.82, 2.24) is 19.9 Å². The van der Waals surface area contributed by atoms with Crippen LogP contribution in [0, 0.1) is 6.92 Å². The molecule has 1 aromatic heterocycles. The Morgan fingerprint density at radius 1 is 1.29 bits per heavy atom. The first-order chi connectivity index (χ1) is 10.9. The lowest BCUT2D eigenvalue weighted by Crippen LogP contribution is -2.42. The van der Waals surface area contributed by atoms with Gasteiger partial charge in [-0.25, -0.2) is 22.7 Å². The number of hydrogen-bond acceptors (Lipinski definition) is 5. The van der Waals surface area contributed by atoms with Crippen LogP contribution in [0.2, 0.25) is 0 Å². The fourth-order valence-electron chi connectivity index (χ4n) is 2.01. The van der Waals surface area contributed by atoms with E-state index in [4.69, 9.17) is 0 Å². The maximum atomic E-state index is 12.1. The van der Waals surface area contributed by atoms with Crippen LogP contribution in [0.3, 0.4) is 0 Å². The molecule has 0 aromatic carbocycles. The minimum atomic E-state index is -3.22. The first kappa shape index (κ1) is 23.5. The number of nitrogens with zero attached hydrogens (tertiary/aromatic N) is 3. The Labute approximate surface area is 166 Å². The van der Waals surface area contributed by atoms with E-state index in [1.807, 2.05) is 33.9 Å². The fraction of sp³-hybridized carbons (Fsp3) is 0.714. The van der Waals surface area contributed by atoms with Crippen molar-refractivity contribution in [1.29, 1.82) is 0 Å². The first-order valence-corrected chi connectivity index (χ1v) is 10.3. The lowest BCUT2D eigenvalue weighted by atomic mass is 10.6. The molecule has 0 aliphatic rings. The van der Waals surface area contributed by atoms with Crippen LogP contribution in [-0.2, 0) is 16.6 Å². The summed E-state index contributed by atoms with van der Waals surface area (Å²) in [7, 11) is -3.22. The molecular formula is C14H28IN5O2S2. The van der Waals surface area contributed by atoms with Crippen LogP contribution in [0.15, 0.2) is 11.2 Å². The standard InChI is InChI=1S/C14H27N5O2S2.HI/c1-5-15-14(18-11-13-17-10-12(4)22-13)16-8-9-23(20,21)19(6-2)7-3;/h10H,5-9,11H2,1-4H3,(H2,15,16,18);1H. The fourth-order valence-corrected chi connectivity index (χ4v) is 4.12. The van der Waals surface area contributed by atoms with E-state index >= 15 is 0 Å². The highest BCUT2D eigenvalue weighted by Gasteiger charge is 2.18. The van der Waals surface area contributed by atoms with Crippen LogP contribution in [0.5, 0.6) is 0 Å². The van der Waals surface area contributed by atoms with E-state index in [1.165, 1.54) is 4.31 Å². The number of rotatable bonds is 9. The zero-order valence-corrected chi connectivity index (χ0v) is 18.7. The van der Waals surface area contributed by atoms with Crippen molar-refractivity contribution in [3.8, 4) is 0 Å². The van der Waals surface area contributed by atoms with Crippen LogP contribution in [0.4, 0.5) is 0 Å². The monoisotopic (exact) mass is 489 g/mol. The summed E-state index contributed by atoms with van der Waals surface area (Å²) < 4.78 is 25.7. The average molecular weight is 489 g/mol. The van der Waals surface area contributed by atoms with Gasteiger partial charge in [-0.2, -0.15) is 0 Å². The predicted octanol–water partition coefficient (Wildman–Crippen LogP) is 1.80. The highest BCUT2D eigenvalue weighted by molar-refractivity contribution is 14.0. The number of thiazole rings is 1. The molecule has 0 saturated heterocycles. The second-order valence-electron chi connectivity index (χ2n) is 4.89. The summed E-state index contributed by atoms with van der Waals surface area (Å²) in [5, 5.41) is 7.12. The van der Waals surface area contributed by atoms with E-state index in [9.17, 15) is 8.42 Å². The molecule has 0 spiro atoms. The molecule has 0 aliphatic heterocycles. The highest BCUT2D eigenvalue weighted by atomic mass is 127. The van der Waals surface area contributed by atoms with Crippen LogP contribution >= 0.6 is 35.3 Å². The van der Waals surface area contributed by atoms with Gasteiger partial charge >= 0.3 is 0 Å². The first-order valence-electron chi connectivity index (χ1n) is 7.84. The van der Waals surface area contributed by atoms with Crippen molar-refractivity contribution in [2.24, 2.45) is 4.99 Å². The van der Waals surface area contributed by atoms with Gasteiger partial charge in [0.05, 0.1) is 12.3 Å². The third-order valence-corrected chi connectivity index (χ3v) is 6.06. The molecule has 0 amide bonds. The summed E-state index contributed by atoms with van der Waals surface area (Å²) in [6.07, 6.45) is 1.83. The van der Waals surface area contributed by atoms with Gasteiger partial charge in [0.25, 0.3) is 0 Å². The topological polar surface area (TPSA) is 86.7 Å². The van der Waals surface area contributed by atoms with Crippen LogP contribution < -0.4 is 10.6 Å². The second kappa shape index (κ2) is 12.0. The number of hydrogen-bond donors (Lipinski definition) is 2. The summed E-state index contributed by atoms with van der Waals surface area (Å²) >= 11 is 1.61. The van der Waals surface area contributed by atoms with Gasteiger partial charge in [0.1, 0.15) is 5.01 Å². The molecule has 140 valence electrons. The average Bonchev–Trinajstić information content (AvgIpc) is 2.91. The second-order valence-corrected chi connectivity index (χ2v) is 8.29. The molecule has 0 unspecified atom stereocenters. The van der Waals surface area contributed by atoms with Crippen molar-refractivity contribution < 1.29 is 8.42 Å². The van der Waals surface area contributed by atoms with Crippen molar-refractivity contribution >= 4 is 51.3 Å². The molecule has 1 aromatic rings. The molecule has 2 N–H and O–H groups in total. The molecule has 10 heteroatoms. The van der Waals surface area contributed by atoms with Gasteiger partial charge in [0.15, 0.2) is 5.96 Å². The van der Waals surface area contributed by atoms with Crippen molar-refractivity contribution in [2.75, 3.05) is 31.9 Å². The number of aliphatic imine (C=N–C) groups is 1. The molecule has 1 rings (SSSR count). The van der Waals surface area contributed by atoms with E-state index in [-0.39, 0.29) is 29.7 Å². The van der Waals surface area contributed by atoms with Crippen molar-refractivity contribution in [2.45, 2.75) is 34.2 Å². The van der Waals surface area contributed by atoms with Gasteiger partial charge in [-0.05, 0) is 13.8 Å². The zero-order chi connectivity index (χ0) is 17.3. The Morgan fingerprint density at radius 3 is 2.46 bits per heavy atom. The number of aromatic nitrogens is 1. The van der Waals surface area contributed by atoms with Gasteiger partial charge in [0.2, 0.25) is 10.0 Å². The van der Waals surface area contributed by atoms with Gasteiger partial charge < -0.3 is 10.6 Å². The number of nitrogens with one attached hydrogen (secondary N) is 2. The lowest BCUT2D eigenvalue weighted by Gasteiger charge is -2.19. The van der Waals surface area contributed by atoms with Gasteiger partial charge in [-0.1, -0.05) is 13.8 Å². The molecule has 0 radical (unpaired) electrons. The highest BCUT2D eigenvalue weighted by Crippen LogP contribution is 2.11. The van der Waals surface area contributed by atoms with Gasteiger partial charge in [-0.15, -0.1) is 35.3 Å². The number of aryl methyl sites for hydroxylation is 1. The quantitative estimate of drug-likeness (QED) is 0.314. The Balaban J connectivity index is 0.00000529. The van der Waals surface area contributed by atoms with Crippen LogP contribution in [-0.4, -0.2) is 55.6 Å². The Hall–Kier alpha value is -0.460. The molecule has 0 bridgehead atoms.